The Bertz CT molecular complexity index is 246. The van der Waals surface area contributed by atoms with Gasteiger partial charge in [-0.2, -0.15) is 5.26 Å². The van der Waals surface area contributed by atoms with E-state index < -0.39 is 5.97 Å². The molecule has 0 saturated carbocycles. The molecule has 0 aromatic rings. The number of hydrogen-bond donors (Lipinski definition) is 1. The predicted octanol–water partition coefficient (Wildman–Crippen LogP) is 5.06. The van der Waals surface area contributed by atoms with Gasteiger partial charge in [0.05, 0.1) is 6.07 Å². The number of rotatable bonds is 14. The molecule has 3 heteroatoms. The van der Waals surface area contributed by atoms with Crippen LogP contribution in [0.1, 0.15) is 89.9 Å². The van der Waals surface area contributed by atoms with E-state index in [1.807, 2.05) is 0 Å². The topological polar surface area (TPSA) is 61.1 Å². The second kappa shape index (κ2) is 15.0. The number of nitrogens with zero attached hydrogens (tertiary/aromatic N) is 1. The largest absolute Gasteiger partial charge is 0.481 e. The van der Waals surface area contributed by atoms with Crippen molar-refractivity contribution in [3.63, 3.8) is 0 Å². The Hall–Kier alpha value is -1.04. The Morgan fingerprint density at radius 3 is 1.47 bits per heavy atom. The van der Waals surface area contributed by atoms with Gasteiger partial charge in [0.15, 0.2) is 0 Å². The van der Waals surface area contributed by atoms with Crippen molar-refractivity contribution in [2.24, 2.45) is 0 Å². The SMILES string of the molecule is N#CCCCCCCCCCCCCCCC(=O)O. The van der Waals surface area contributed by atoms with Crippen LogP contribution >= 0.6 is 0 Å². The summed E-state index contributed by atoms with van der Waals surface area (Å²) in [5.41, 5.74) is 0. The summed E-state index contributed by atoms with van der Waals surface area (Å²) in [5, 5.41) is 16.9. The highest BCUT2D eigenvalue weighted by Gasteiger charge is 1.96. The highest BCUT2D eigenvalue weighted by atomic mass is 16.4. The van der Waals surface area contributed by atoms with Gasteiger partial charge in [0.1, 0.15) is 0 Å². The van der Waals surface area contributed by atoms with Crippen LogP contribution in [0.25, 0.3) is 0 Å². The Morgan fingerprint density at radius 1 is 0.737 bits per heavy atom. The van der Waals surface area contributed by atoms with Gasteiger partial charge in [-0.1, -0.05) is 64.2 Å². The smallest absolute Gasteiger partial charge is 0.303 e. The van der Waals surface area contributed by atoms with Gasteiger partial charge in [0.25, 0.3) is 0 Å². The maximum Gasteiger partial charge on any atom is 0.303 e. The van der Waals surface area contributed by atoms with Crippen molar-refractivity contribution in [3.8, 4) is 6.07 Å². The molecule has 0 fully saturated rings. The molecular formula is C16H29NO2. The molecule has 0 unspecified atom stereocenters. The lowest BCUT2D eigenvalue weighted by Gasteiger charge is -2.02. The minimum Gasteiger partial charge on any atom is -0.481 e. The molecule has 0 radical (unpaired) electrons. The fourth-order valence-electron chi connectivity index (χ4n) is 2.25. The Balaban J connectivity index is 2.95. The van der Waals surface area contributed by atoms with Gasteiger partial charge in [-0.05, 0) is 12.8 Å². The van der Waals surface area contributed by atoms with Gasteiger partial charge in [0, 0.05) is 12.8 Å². The lowest BCUT2D eigenvalue weighted by molar-refractivity contribution is -0.137. The third-order valence-corrected chi connectivity index (χ3v) is 3.43. The van der Waals surface area contributed by atoms with Crippen molar-refractivity contribution >= 4 is 5.97 Å². The van der Waals surface area contributed by atoms with Crippen molar-refractivity contribution in [2.45, 2.75) is 89.9 Å². The van der Waals surface area contributed by atoms with Crippen molar-refractivity contribution in [1.29, 1.82) is 5.26 Å². The van der Waals surface area contributed by atoms with Gasteiger partial charge in [-0.3, -0.25) is 4.79 Å². The molecule has 0 saturated heterocycles. The van der Waals surface area contributed by atoms with Crippen LogP contribution in [0.2, 0.25) is 0 Å². The summed E-state index contributed by atoms with van der Waals surface area (Å²) in [6, 6.07) is 2.18. The van der Waals surface area contributed by atoms with E-state index in [9.17, 15) is 4.79 Å². The van der Waals surface area contributed by atoms with Crippen molar-refractivity contribution < 1.29 is 9.90 Å². The molecule has 0 aromatic heterocycles. The molecule has 1 N–H and O–H groups in total. The van der Waals surface area contributed by atoms with E-state index in [1.54, 1.807) is 0 Å². The first kappa shape index (κ1) is 18.0. The van der Waals surface area contributed by atoms with Crippen molar-refractivity contribution in [1.82, 2.24) is 0 Å². The van der Waals surface area contributed by atoms with Gasteiger partial charge in [0.2, 0.25) is 0 Å². The average molecular weight is 267 g/mol. The average Bonchev–Trinajstić information content (AvgIpc) is 2.39. The standard InChI is InChI=1S/C16H29NO2/c17-15-13-11-9-7-5-3-1-2-4-6-8-10-12-14-16(18)19/h1-14H2,(H,18,19). The summed E-state index contributed by atoms with van der Waals surface area (Å²) in [6.45, 7) is 0. The fraction of sp³-hybridized carbons (Fsp3) is 0.875. The number of carboxylic acid groups (broad SMARTS) is 1. The summed E-state index contributed by atoms with van der Waals surface area (Å²) in [4.78, 5) is 10.3. The lowest BCUT2D eigenvalue weighted by atomic mass is 10.0. The minimum atomic E-state index is -0.672. The molecule has 0 aliphatic carbocycles. The van der Waals surface area contributed by atoms with Gasteiger partial charge in [-0.15, -0.1) is 0 Å². The van der Waals surface area contributed by atoms with Crippen LogP contribution in [0.15, 0.2) is 0 Å². The molecule has 0 atom stereocenters. The fourth-order valence-corrected chi connectivity index (χ4v) is 2.25. The Labute approximate surface area is 118 Å². The molecule has 0 rings (SSSR count). The Kier molecular flexibility index (Phi) is 14.2. The molecule has 0 aromatic carbocycles. The van der Waals surface area contributed by atoms with Crippen LogP contribution in [0.5, 0.6) is 0 Å². The second-order valence-electron chi connectivity index (χ2n) is 5.29. The third kappa shape index (κ3) is 17.0. The van der Waals surface area contributed by atoms with Gasteiger partial charge < -0.3 is 5.11 Å². The van der Waals surface area contributed by atoms with Crippen LogP contribution in [0.4, 0.5) is 0 Å². The lowest BCUT2D eigenvalue weighted by Crippen LogP contribution is -1.93. The molecular weight excluding hydrogens is 238 g/mol. The quantitative estimate of drug-likeness (QED) is 0.448. The van der Waals surface area contributed by atoms with Crippen LogP contribution in [-0.2, 0) is 4.79 Å². The Morgan fingerprint density at radius 2 is 1.11 bits per heavy atom. The first-order valence-corrected chi connectivity index (χ1v) is 7.86. The monoisotopic (exact) mass is 267 g/mol. The normalized spacial score (nSPS) is 10.3. The van der Waals surface area contributed by atoms with Crippen LogP contribution in [-0.4, -0.2) is 11.1 Å². The van der Waals surface area contributed by atoms with E-state index in [2.05, 4.69) is 6.07 Å². The number of aliphatic carboxylic acids is 1. The molecule has 0 spiro atoms. The molecule has 3 nitrogen and oxygen atoms in total. The van der Waals surface area contributed by atoms with E-state index in [4.69, 9.17) is 10.4 Å². The van der Waals surface area contributed by atoms with Crippen LogP contribution in [0, 0.1) is 11.3 Å². The molecule has 0 amide bonds. The first-order valence-electron chi connectivity index (χ1n) is 7.86. The van der Waals surface area contributed by atoms with E-state index in [1.165, 1.54) is 57.8 Å². The van der Waals surface area contributed by atoms with Crippen LogP contribution < -0.4 is 0 Å². The molecule has 0 bridgehead atoms. The second-order valence-corrected chi connectivity index (χ2v) is 5.29. The van der Waals surface area contributed by atoms with Crippen LogP contribution in [0.3, 0.4) is 0 Å². The summed E-state index contributed by atoms with van der Waals surface area (Å²) in [6.07, 6.45) is 15.5. The van der Waals surface area contributed by atoms with E-state index in [0.717, 1.165) is 19.3 Å². The van der Waals surface area contributed by atoms with E-state index >= 15 is 0 Å². The zero-order chi connectivity index (χ0) is 14.2. The number of unbranched alkanes of at least 4 members (excludes halogenated alkanes) is 12. The highest BCUT2D eigenvalue weighted by molar-refractivity contribution is 5.66. The van der Waals surface area contributed by atoms with Gasteiger partial charge in [-0.25, -0.2) is 0 Å². The third-order valence-electron chi connectivity index (χ3n) is 3.43. The zero-order valence-electron chi connectivity index (χ0n) is 12.2. The number of carboxylic acids is 1. The highest BCUT2D eigenvalue weighted by Crippen LogP contribution is 2.12. The van der Waals surface area contributed by atoms with Gasteiger partial charge >= 0.3 is 5.97 Å². The van der Waals surface area contributed by atoms with E-state index in [-0.39, 0.29) is 0 Å². The molecule has 110 valence electrons. The van der Waals surface area contributed by atoms with Crippen molar-refractivity contribution in [2.75, 3.05) is 0 Å². The summed E-state index contributed by atoms with van der Waals surface area (Å²) >= 11 is 0. The first-order chi connectivity index (χ1) is 9.27. The van der Waals surface area contributed by atoms with E-state index in [0.29, 0.717) is 12.8 Å². The maximum atomic E-state index is 10.3. The molecule has 0 aliphatic heterocycles. The van der Waals surface area contributed by atoms with Crippen molar-refractivity contribution in [3.05, 3.63) is 0 Å². The number of nitriles is 1. The summed E-state index contributed by atoms with van der Waals surface area (Å²) < 4.78 is 0. The maximum absolute atomic E-state index is 10.3. The predicted molar refractivity (Wildman–Crippen MR) is 77.9 cm³/mol. The molecule has 19 heavy (non-hydrogen) atoms. The summed E-state index contributed by atoms with van der Waals surface area (Å²) in [7, 11) is 0. The zero-order valence-corrected chi connectivity index (χ0v) is 12.2. The number of hydrogen-bond acceptors (Lipinski definition) is 2. The number of carbonyl (C=O) groups is 1. The molecule has 0 heterocycles. The summed E-state index contributed by atoms with van der Waals surface area (Å²) in [5.74, 6) is -0.672. The minimum absolute atomic E-state index is 0.325. The molecule has 0 aliphatic rings.